The molecule has 0 unspecified atom stereocenters. The molecule has 2 aliphatic rings. The van der Waals surface area contributed by atoms with Gasteiger partial charge in [0.2, 0.25) is 5.91 Å². The van der Waals surface area contributed by atoms with Gasteiger partial charge in [-0.15, -0.1) is 0 Å². The second kappa shape index (κ2) is 8.78. The highest BCUT2D eigenvalue weighted by Gasteiger charge is 2.48. The van der Waals surface area contributed by atoms with E-state index in [9.17, 15) is 14.0 Å². The number of rotatable bonds is 5. The van der Waals surface area contributed by atoms with Crippen LogP contribution in [0.25, 0.3) is 11.5 Å². The average molecular weight is 464 g/mol. The van der Waals surface area contributed by atoms with Crippen LogP contribution in [-0.2, 0) is 17.9 Å². The van der Waals surface area contributed by atoms with Crippen LogP contribution in [0.1, 0.15) is 55.6 Å². The van der Waals surface area contributed by atoms with Gasteiger partial charge in [0.05, 0.1) is 25.0 Å². The van der Waals surface area contributed by atoms with Crippen LogP contribution in [0, 0.1) is 11.7 Å². The number of aromatic nitrogens is 1. The molecule has 1 N–H and O–H groups in total. The quantitative estimate of drug-likeness (QED) is 0.579. The highest BCUT2D eigenvalue weighted by atomic mass is 19.1. The van der Waals surface area contributed by atoms with Crippen LogP contribution in [-0.4, -0.2) is 32.9 Å². The normalized spacial score (nSPS) is 24.7. The Balaban J connectivity index is 1.54. The van der Waals surface area contributed by atoms with Crippen molar-refractivity contribution in [3.05, 3.63) is 71.9 Å². The maximum atomic E-state index is 14.6. The summed E-state index contributed by atoms with van der Waals surface area (Å²) in [5, 5.41) is 3.24. The molecule has 7 heteroatoms. The van der Waals surface area contributed by atoms with Crippen molar-refractivity contribution in [3.8, 4) is 11.5 Å². The number of hydrogen-bond donors (Lipinski definition) is 1. The van der Waals surface area contributed by atoms with E-state index in [1.807, 2.05) is 16.7 Å². The topological polar surface area (TPSA) is 67.5 Å². The van der Waals surface area contributed by atoms with E-state index in [-0.39, 0.29) is 30.9 Å². The monoisotopic (exact) mass is 463 g/mol. The van der Waals surface area contributed by atoms with Gasteiger partial charge >= 0.3 is 0 Å². The van der Waals surface area contributed by atoms with Gasteiger partial charge in [0, 0.05) is 11.6 Å². The second-order valence-electron chi connectivity index (χ2n) is 9.77. The molecular weight excluding hydrogens is 433 g/mol. The van der Waals surface area contributed by atoms with Gasteiger partial charge in [0.25, 0.3) is 5.91 Å². The smallest absolute Gasteiger partial charge is 0.271 e. The summed E-state index contributed by atoms with van der Waals surface area (Å²) in [6.45, 7) is 4.20. The summed E-state index contributed by atoms with van der Waals surface area (Å²) in [6, 6.07) is 13.7. The molecule has 1 saturated carbocycles. The van der Waals surface area contributed by atoms with Crippen LogP contribution in [0.5, 0.6) is 0 Å². The lowest BCUT2D eigenvalue weighted by atomic mass is 9.85. The molecular formula is C27H30FN3O3. The minimum atomic E-state index is -1.20. The van der Waals surface area contributed by atoms with Crippen LogP contribution in [0.15, 0.2) is 59.2 Å². The third-order valence-electron chi connectivity index (χ3n) is 7.48. The molecule has 3 heterocycles. The van der Waals surface area contributed by atoms with Gasteiger partial charge in [-0.2, -0.15) is 0 Å². The van der Waals surface area contributed by atoms with Gasteiger partial charge in [-0.05, 0) is 56.0 Å². The number of benzene rings is 1. The van der Waals surface area contributed by atoms with Crippen LogP contribution < -0.4 is 5.32 Å². The third-order valence-corrected chi connectivity index (χ3v) is 7.48. The van der Waals surface area contributed by atoms with Crippen LogP contribution in [0.3, 0.4) is 0 Å². The van der Waals surface area contributed by atoms with Gasteiger partial charge in [-0.25, -0.2) is 4.39 Å². The summed E-state index contributed by atoms with van der Waals surface area (Å²) in [7, 11) is 0. The Kier molecular flexibility index (Phi) is 5.80. The number of fused-ring (bicyclic) bond motifs is 1. The average Bonchev–Trinajstić information content (AvgIpc) is 3.49. The largest absolute Gasteiger partial charge is 0.463 e. The molecule has 2 amide bonds. The fraction of sp³-hybridized carbons (Fsp3) is 0.407. The number of halogens is 1. The molecule has 0 radical (unpaired) electrons. The molecule has 1 aliphatic heterocycles. The molecule has 178 valence electrons. The molecule has 3 atom stereocenters. The first kappa shape index (κ1) is 22.4. The van der Waals surface area contributed by atoms with Gasteiger partial charge in [0.1, 0.15) is 22.8 Å². The molecule has 0 spiro atoms. The molecule has 34 heavy (non-hydrogen) atoms. The highest BCUT2D eigenvalue weighted by molar-refractivity contribution is 6.00. The molecule has 0 saturated heterocycles. The number of furan rings is 1. The second-order valence-corrected chi connectivity index (χ2v) is 9.77. The lowest BCUT2D eigenvalue weighted by Gasteiger charge is -2.45. The Morgan fingerprint density at radius 2 is 1.88 bits per heavy atom. The first-order valence-electron chi connectivity index (χ1n) is 12.0. The van der Waals surface area contributed by atoms with Crippen molar-refractivity contribution in [2.75, 3.05) is 0 Å². The predicted octanol–water partition coefficient (Wildman–Crippen LogP) is 5.00. The molecule has 1 fully saturated rings. The highest BCUT2D eigenvalue weighted by Crippen LogP contribution is 2.35. The summed E-state index contributed by atoms with van der Waals surface area (Å²) in [5.74, 6) is 0.102. The SMILES string of the molecule is C[C@@H]1CCCC[C@H]1NC(=O)[C@@]1(C)Cn2c(ccc2-c2ccco2)C(=O)N1Cc1ccccc1F. The number of nitrogens with one attached hydrogen (secondary N) is 1. The Bertz CT molecular complexity index is 1200. The molecule has 1 aliphatic carbocycles. The van der Waals surface area contributed by atoms with E-state index in [0.29, 0.717) is 22.9 Å². The van der Waals surface area contributed by atoms with E-state index in [2.05, 4.69) is 12.2 Å². The predicted molar refractivity (Wildman–Crippen MR) is 126 cm³/mol. The zero-order chi connectivity index (χ0) is 23.9. The minimum absolute atomic E-state index is 0.0108. The minimum Gasteiger partial charge on any atom is -0.463 e. The van der Waals surface area contributed by atoms with E-state index < -0.39 is 11.4 Å². The molecule has 3 aromatic rings. The molecule has 0 bridgehead atoms. The van der Waals surface area contributed by atoms with Crippen LogP contribution in [0.4, 0.5) is 4.39 Å². The Hall–Kier alpha value is -3.35. The Morgan fingerprint density at radius 3 is 2.62 bits per heavy atom. The van der Waals surface area contributed by atoms with Gasteiger partial charge in [-0.1, -0.05) is 38.0 Å². The molecule has 2 aromatic heterocycles. The molecule has 5 rings (SSSR count). The summed E-state index contributed by atoms with van der Waals surface area (Å²) in [4.78, 5) is 29.1. The Morgan fingerprint density at radius 1 is 1.12 bits per heavy atom. The fourth-order valence-corrected chi connectivity index (χ4v) is 5.31. The lowest BCUT2D eigenvalue weighted by Crippen LogP contribution is -2.65. The third kappa shape index (κ3) is 3.83. The van der Waals surface area contributed by atoms with Crippen molar-refractivity contribution in [2.24, 2.45) is 5.92 Å². The van der Waals surface area contributed by atoms with E-state index in [1.165, 1.54) is 17.4 Å². The number of amides is 2. The first-order valence-corrected chi connectivity index (χ1v) is 12.0. The van der Waals surface area contributed by atoms with E-state index in [4.69, 9.17) is 4.42 Å². The number of hydrogen-bond acceptors (Lipinski definition) is 3. The zero-order valence-corrected chi connectivity index (χ0v) is 19.6. The first-order chi connectivity index (χ1) is 16.4. The summed E-state index contributed by atoms with van der Waals surface area (Å²) >= 11 is 0. The molecule has 6 nitrogen and oxygen atoms in total. The fourth-order valence-electron chi connectivity index (χ4n) is 5.31. The van der Waals surface area contributed by atoms with Gasteiger partial charge < -0.3 is 19.2 Å². The number of nitrogens with zero attached hydrogens (tertiary/aromatic N) is 2. The van der Waals surface area contributed by atoms with Crippen molar-refractivity contribution >= 4 is 11.8 Å². The zero-order valence-electron chi connectivity index (χ0n) is 19.6. The maximum Gasteiger partial charge on any atom is 0.271 e. The van der Waals surface area contributed by atoms with Crippen molar-refractivity contribution in [3.63, 3.8) is 0 Å². The van der Waals surface area contributed by atoms with E-state index >= 15 is 0 Å². The molecule has 1 aromatic carbocycles. The lowest BCUT2D eigenvalue weighted by molar-refractivity contribution is -0.134. The summed E-state index contributed by atoms with van der Waals surface area (Å²) in [5.41, 5.74) is 0.374. The van der Waals surface area contributed by atoms with E-state index in [0.717, 1.165) is 25.0 Å². The maximum absolute atomic E-state index is 14.6. The van der Waals surface area contributed by atoms with E-state index in [1.54, 1.807) is 43.5 Å². The van der Waals surface area contributed by atoms with Crippen LogP contribution >= 0.6 is 0 Å². The Labute approximate surface area is 198 Å². The number of carbonyl (C=O) groups is 2. The summed E-state index contributed by atoms with van der Waals surface area (Å²) in [6.07, 6.45) is 5.83. The van der Waals surface area contributed by atoms with Crippen molar-refractivity contribution in [2.45, 2.75) is 64.2 Å². The van der Waals surface area contributed by atoms with Crippen molar-refractivity contribution < 1.29 is 18.4 Å². The standard InChI is InChI=1S/C27H30FN3O3/c1-18-8-3-6-11-21(18)29-26(33)27(2)17-30-22(24-12-7-15-34-24)13-14-23(30)25(32)31(27)16-19-9-4-5-10-20(19)28/h4-5,7,9-10,12-15,18,21H,3,6,8,11,16-17H2,1-2H3,(H,29,33)/t18-,21-,27-/m1/s1. The summed E-state index contributed by atoms with van der Waals surface area (Å²) < 4.78 is 22.0. The number of carbonyl (C=O) groups excluding carboxylic acids is 2. The van der Waals surface area contributed by atoms with Crippen molar-refractivity contribution in [1.82, 2.24) is 14.8 Å². The van der Waals surface area contributed by atoms with Crippen LogP contribution in [0.2, 0.25) is 0 Å². The van der Waals surface area contributed by atoms with Gasteiger partial charge in [-0.3, -0.25) is 9.59 Å². The van der Waals surface area contributed by atoms with Crippen molar-refractivity contribution in [1.29, 1.82) is 0 Å². The van der Waals surface area contributed by atoms with Gasteiger partial charge in [0.15, 0.2) is 0 Å².